The molecule has 2 aromatic carbocycles. The van der Waals surface area contributed by atoms with Gasteiger partial charge in [-0.25, -0.2) is 9.48 Å². The van der Waals surface area contributed by atoms with E-state index in [0.29, 0.717) is 23.7 Å². The topological polar surface area (TPSA) is 107 Å². The van der Waals surface area contributed by atoms with Crippen LogP contribution in [0.4, 0.5) is 0 Å². The van der Waals surface area contributed by atoms with Gasteiger partial charge >= 0.3 is 5.97 Å². The van der Waals surface area contributed by atoms with Crippen LogP contribution in [0.2, 0.25) is 0 Å². The van der Waals surface area contributed by atoms with Crippen LogP contribution in [0, 0.1) is 0 Å². The Morgan fingerprint density at radius 2 is 2.07 bits per heavy atom. The second kappa shape index (κ2) is 7.76. The molecule has 2 aliphatic rings. The van der Waals surface area contributed by atoms with Gasteiger partial charge in [-0.05, 0) is 36.4 Å². The van der Waals surface area contributed by atoms with Crippen LogP contribution in [0.3, 0.4) is 0 Å². The van der Waals surface area contributed by atoms with Gasteiger partial charge in [-0.15, -0.1) is 11.8 Å². The molecule has 0 spiro atoms. The summed E-state index contributed by atoms with van der Waals surface area (Å²) >= 11 is 2.13. The van der Waals surface area contributed by atoms with Gasteiger partial charge in [0.05, 0.1) is 23.4 Å². The second-order valence-corrected chi connectivity index (χ2v) is 7.60. The molecule has 2 N–H and O–H groups in total. The van der Waals surface area contributed by atoms with E-state index in [-0.39, 0.29) is 12.5 Å². The van der Waals surface area contributed by atoms with Gasteiger partial charge in [-0.1, -0.05) is 4.33 Å². The number of methoxy groups -OCH3 is 1. The van der Waals surface area contributed by atoms with Gasteiger partial charge in [0.15, 0.2) is 22.9 Å². The number of carbonyl (C=O) groups is 1. The van der Waals surface area contributed by atoms with Gasteiger partial charge in [-0.2, -0.15) is 5.10 Å². The number of esters is 1. The van der Waals surface area contributed by atoms with Gasteiger partial charge in [0.2, 0.25) is 6.79 Å². The highest BCUT2D eigenvalue weighted by Gasteiger charge is 2.33. The van der Waals surface area contributed by atoms with Gasteiger partial charge in [0.25, 0.3) is 0 Å². The summed E-state index contributed by atoms with van der Waals surface area (Å²) in [5.41, 5.74) is 3.74. The third kappa shape index (κ3) is 3.06. The Hall–Kier alpha value is -2.86. The van der Waals surface area contributed by atoms with E-state index in [2.05, 4.69) is 9.43 Å². The molecule has 11 heteroatoms. The van der Waals surface area contributed by atoms with Crippen LogP contribution in [-0.2, 0) is 14.8 Å². The second-order valence-electron chi connectivity index (χ2n) is 6.29. The van der Waals surface area contributed by atoms with Crippen LogP contribution in [-0.4, -0.2) is 29.7 Å². The van der Waals surface area contributed by atoms with Crippen LogP contribution in [0.1, 0.15) is 16.1 Å². The van der Waals surface area contributed by atoms with Crippen molar-refractivity contribution in [2.45, 2.75) is 10.6 Å². The van der Waals surface area contributed by atoms with Gasteiger partial charge in [0.1, 0.15) is 12.2 Å². The average molecular weight is 445 g/mol. The lowest BCUT2D eigenvalue weighted by Gasteiger charge is -2.19. The number of hydrogen-bond acceptors (Lipinski definition) is 10. The number of fused-ring (bicyclic) bond motifs is 5. The molecular weight excluding hydrogens is 430 g/mol. The number of nitrogens with two attached hydrogens (primary N) is 1. The molecule has 0 unspecified atom stereocenters. The summed E-state index contributed by atoms with van der Waals surface area (Å²) in [7, 11) is 1.34. The van der Waals surface area contributed by atoms with E-state index in [1.54, 1.807) is 28.9 Å². The highest BCUT2D eigenvalue weighted by molar-refractivity contribution is 7.98. The Morgan fingerprint density at radius 1 is 1.23 bits per heavy atom. The lowest BCUT2D eigenvalue weighted by Crippen LogP contribution is -2.05. The maximum absolute atomic E-state index is 12.4. The third-order valence-corrected chi connectivity index (χ3v) is 5.98. The molecule has 3 heterocycles. The minimum absolute atomic E-state index is 0.195. The number of nitrogens with zero attached hydrogens (tertiary/aromatic N) is 2. The van der Waals surface area contributed by atoms with Crippen molar-refractivity contribution in [3.8, 4) is 34.2 Å². The molecule has 9 nitrogen and oxygen atoms in total. The minimum atomic E-state index is -0.491. The van der Waals surface area contributed by atoms with E-state index < -0.39 is 5.97 Å². The Bertz CT molecular complexity index is 1130. The number of aromatic nitrogens is 2. The largest absolute Gasteiger partial charge is 0.464 e. The van der Waals surface area contributed by atoms with Gasteiger partial charge < -0.3 is 19.1 Å². The minimum Gasteiger partial charge on any atom is -0.464 e. The average Bonchev–Trinajstić information content (AvgIpc) is 3.42. The first kappa shape index (κ1) is 19.1. The van der Waals surface area contributed by atoms with Gasteiger partial charge in [0, 0.05) is 16.9 Å². The van der Waals surface area contributed by atoms with E-state index in [4.69, 9.17) is 24.2 Å². The fraction of sp³-hybridized carbons (Fsp3) is 0.158. The molecule has 154 valence electrons. The monoisotopic (exact) mass is 445 g/mol. The predicted octanol–water partition coefficient (Wildman–Crippen LogP) is 3.49. The van der Waals surface area contributed by atoms with Crippen LogP contribution < -0.4 is 19.5 Å². The van der Waals surface area contributed by atoms with E-state index >= 15 is 0 Å². The van der Waals surface area contributed by atoms with Crippen molar-refractivity contribution < 1.29 is 28.2 Å². The molecule has 0 radical (unpaired) electrons. The van der Waals surface area contributed by atoms with Crippen molar-refractivity contribution in [1.29, 1.82) is 0 Å². The molecule has 1 aromatic heterocycles. The number of hydrogen-bond donors (Lipinski definition) is 1. The lowest BCUT2D eigenvalue weighted by molar-refractivity contribution is -0.0777. The zero-order valence-corrected chi connectivity index (χ0v) is 17.2. The zero-order chi connectivity index (χ0) is 20.7. The van der Waals surface area contributed by atoms with Crippen molar-refractivity contribution in [2.75, 3.05) is 13.9 Å². The number of carbonyl (C=O) groups excluding carboxylic acids is 1. The summed E-state index contributed by atoms with van der Waals surface area (Å²) in [6.45, 7) is 0.195. The van der Waals surface area contributed by atoms with E-state index in [9.17, 15) is 4.79 Å². The molecular formula is C19H15N3O6S2. The maximum atomic E-state index is 12.4. The van der Waals surface area contributed by atoms with Crippen molar-refractivity contribution >= 4 is 30.0 Å². The molecule has 30 heavy (non-hydrogen) atoms. The quantitative estimate of drug-likeness (QED) is 0.206. The summed E-state index contributed by atoms with van der Waals surface area (Å²) in [6, 6.07) is 10.9. The van der Waals surface area contributed by atoms with Crippen molar-refractivity contribution in [3.63, 3.8) is 0 Å². The summed E-state index contributed by atoms with van der Waals surface area (Å²) in [5, 5.41) is 9.76. The third-order valence-electron chi connectivity index (χ3n) is 4.73. The van der Waals surface area contributed by atoms with Crippen LogP contribution in [0.25, 0.3) is 16.9 Å². The van der Waals surface area contributed by atoms with Crippen LogP contribution in [0.15, 0.2) is 41.3 Å². The standard InChI is InChI=1S/C19H15N3O6S2/c1-24-19(23)15-18-16(12-6-7-14-17(26-9-25-14)13(12)8-29-18)22(21-15)10-2-4-11(5-3-10)27-28-30-20/h2-7H,8-9,20H2,1H3. The molecule has 2 aliphatic heterocycles. The molecule has 0 bridgehead atoms. The van der Waals surface area contributed by atoms with Crippen molar-refractivity contribution in [3.05, 3.63) is 47.7 Å². The fourth-order valence-corrected chi connectivity index (χ4v) is 4.72. The molecule has 0 saturated heterocycles. The number of thioether (sulfide) groups is 1. The molecule has 5 rings (SSSR count). The molecule has 0 atom stereocenters. The normalized spacial score (nSPS) is 13.5. The number of ether oxygens (including phenoxy) is 3. The lowest BCUT2D eigenvalue weighted by atomic mass is 10.0. The maximum Gasteiger partial charge on any atom is 0.359 e. The fourth-order valence-electron chi connectivity index (χ4n) is 3.44. The van der Waals surface area contributed by atoms with E-state index in [1.807, 2.05) is 12.1 Å². The Labute approximate surface area is 179 Å². The van der Waals surface area contributed by atoms with Gasteiger partial charge in [-0.3, -0.25) is 5.14 Å². The first-order valence-electron chi connectivity index (χ1n) is 8.77. The predicted molar refractivity (Wildman–Crippen MR) is 110 cm³/mol. The number of benzene rings is 2. The summed E-state index contributed by atoms with van der Waals surface area (Å²) in [5.74, 6) is 2.07. The molecule has 3 aromatic rings. The smallest absolute Gasteiger partial charge is 0.359 e. The Balaban J connectivity index is 1.66. The summed E-state index contributed by atoms with van der Waals surface area (Å²) in [4.78, 5) is 18.2. The highest BCUT2D eigenvalue weighted by Crippen LogP contribution is 2.50. The highest BCUT2D eigenvalue weighted by atomic mass is 32.2. The van der Waals surface area contributed by atoms with Crippen LogP contribution >= 0.6 is 24.0 Å². The summed E-state index contributed by atoms with van der Waals surface area (Å²) < 4.78 is 22.5. The first-order chi connectivity index (χ1) is 14.7. The first-order valence-corrected chi connectivity index (χ1v) is 10.6. The summed E-state index contributed by atoms with van der Waals surface area (Å²) in [6.07, 6.45) is 0. The molecule has 0 aliphatic carbocycles. The van der Waals surface area contributed by atoms with E-state index in [0.717, 1.165) is 38.9 Å². The van der Waals surface area contributed by atoms with Crippen molar-refractivity contribution in [2.24, 2.45) is 5.14 Å². The molecule has 0 amide bonds. The number of rotatable bonds is 5. The Kier molecular flexibility index (Phi) is 4.95. The zero-order valence-electron chi connectivity index (χ0n) is 15.6. The molecule has 0 fully saturated rings. The van der Waals surface area contributed by atoms with E-state index in [1.165, 1.54) is 18.9 Å². The molecule has 0 saturated carbocycles. The van der Waals surface area contributed by atoms with Crippen molar-refractivity contribution in [1.82, 2.24) is 9.78 Å². The SMILES string of the molecule is COC(=O)c1nn(-c2ccc(OOSN)cc2)c2c1SCc1c-2ccc2c1OCO2. The van der Waals surface area contributed by atoms with Crippen LogP contribution in [0.5, 0.6) is 17.2 Å². The Morgan fingerprint density at radius 3 is 2.83 bits per heavy atom.